The predicted molar refractivity (Wildman–Crippen MR) is 43.5 cm³/mol. The van der Waals surface area contributed by atoms with E-state index in [1.165, 1.54) is 5.57 Å². The Morgan fingerprint density at radius 1 is 1.83 bits per heavy atom. The summed E-state index contributed by atoms with van der Waals surface area (Å²) in [7, 11) is 0. The highest BCUT2D eigenvalue weighted by molar-refractivity contribution is 5.68. The van der Waals surface area contributed by atoms with Gasteiger partial charge in [-0.25, -0.2) is 4.79 Å². The van der Waals surface area contributed by atoms with E-state index in [9.17, 15) is 4.79 Å². The largest absolute Gasteiger partial charge is 0.422 e. The third-order valence-corrected chi connectivity index (χ3v) is 1.88. The summed E-state index contributed by atoms with van der Waals surface area (Å²) in [6.45, 7) is 2.76. The van der Waals surface area contributed by atoms with Crippen molar-refractivity contribution >= 4 is 6.09 Å². The molecule has 1 amide bonds. The van der Waals surface area contributed by atoms with Gasteiger partial charge in [-0.05, 0) is 13.3 Å². The molecule has 0 unspecified atom stereocenters. The highest BCUT2D eigenvalue weighted by Gasteiger charge is 2.15. The summed E-state index contributed by atoms with van der Waals surface area (Å²) in [5, 5.41) is 8.33. The van der Waals surface area contributed by atoms with E-state index < -0.39 is 12.9 Å². The first-order valence-electron chi connectivity index (χ1n) is 3.92. The lowest BCUT2D eigenvalue weighted by atomic mass is 10.1. The molecule has 1 rings (SSSR count). The van der Waals surface area contributed by atoms with Gasteiger partial charge in [0.05, 0.1) is 0 Å². The summed E-state index contributed by atoms with van der Waals surface area (Å²) in [6, 6.07) is 0. The fourth-order valence-electron chi connectivity index (χ4n) is 1.08. The average Bonchev–Trinajstić information content (AvgIpc) is 2.06. The monoisotopic (exact) mass is 171 g/mol. The number of aliphatic hydroxyl groups excluding tert-OH is 1. The van der Waals surface area contributed by atoms with Crippen LogP contribution in [0.25, 0.3) is 0 Å². The predicted octanol–water partition coefficient (Wildman–Crippen LogP) is 0.725. The molecular formula is C8H13NO3. The van der Waals surface area contributed by atoms with Crippen LogP contribution in [0.1, 0.15) is 13.3 Å². The molecule has 0 aromatic rings. The molecule has 4 nitrogen and oxygen atoms in total. The quantitative estimate of drug-likeness (QED) is 0.467. The van der Waals surface area contributed by atoms with Gasteiger partial charge in [-0.2, -0.15) is 0 Å². The van der Waals surface area contributed by atoms with Gasteiger partial charge >= 0.3 is 6.09 Å². The summed E-state index contributed by atoms with van der Waals surface area (Å²) >= 11 is 0. The zero-order valence-electron chi connectivity index (χ0n) is 7.12. The van der Waals surface area contributed by atoms with Crippen molar-refractivity contribution in [2.24, 2.45) is 0 Å². The fraction of sp³-hybridized carbons (Fsp3) is 0.625. The molecule has 0 aromatic heterocycles. The van der Waals surface area contributed by atoms with E-state index in [1.54, 1.807) is 4.90 Å². The molecule has 0 spiro atoms. The molecule has 1 aliphatic rings. The van der Waals surface area contributed by atoms with Crippen LogP contribution >= 0.6 is 0 Å². The molecule has 0 bridgehead atoms. The molecule has 0 radical (unpaired) electrons. The lowest BCUT2D eigenvalue weighted by Gasteiger charge is -2.23. The molecule has 0 atom stereocenters. The van der Waals surface area contributed by atoms with Crippen LogP contribution in [0, 0.1) is 0 Å². The first-order valence-corrected chi connectivity index (χ1v) is 3.92. The second kappa shape index (κ2) is 4.11. The maximum Gasteiger partial charge on any atom is 0.412 e. The van der Waals surface area contributed by atoms with Crippen LogP contribution in [0.4, 0.5) is 4.79 Å². The van der Waals surface area contributed by atoms with Crippen LogP contribution in [0.5, 0.6) is 0 Å². The standard InChI is InChI=1S/C8H13NO3/c1-7-2-4-9(5-3-7)8(11)12-6-10/h2,10H,3-6H2,1H3. The maximum absolute atomic E-state index is 11.0. The summed E-state index contributed by atoms with van der Waals surface area (Å²) in [5.41, 5.74) is 1.29. The highest BCUT2D eigenvalue weighted by atomic mass is 16.6. The molecule has 1 N–H and O–H groups in total. The number of ether oxygens (including phenoxy) is 1. The van der Waals surface area contributed by atoms with Gasteiger partial charge in [-0.1, -0.05) is 11.6 Å². The Balaban J connectivity index is 2.40. The minimum atomic E-state index is -0.544. The Kier molecular flexibility index (Phi) is 3.10. The van der Waals surface area contributed by atoms with Gasteiger partial charge in [0.1, 0.15) is 0 Å². The van der Waals surface area contributed by atoms with Gasteiger partial charge in [0.2, 0.25) is 0 Å². The zero-order chi connectivity index (χ0) is 8.97. The van der Waals surface area contributed by atoms with Crippen LogP contribution < -0.4 is 0 Å². The molecule has 1 aliphatic heterocycles. The summed E-state index contributed by atoms with van der Waals surface area (Å²) in [4.78, 5) is 12.6. The van der Waals surface area contributed by atoms with Gasteiger partial charge in [-0.3, -0.25) is 0 Å². The first-order chi connectivity index (χ1) is 5.74. The lowest BCUT2D eigenvalue weighted by molar-refractivity contribution is 0.0235. The molecular weight excluding hydrogens is 158 g/mol. The van der Waals surface area contributed by atoms with E-state index in [2.05, 4.69) is 4.74 Å². The summed E-state index contributed by atoms with van der Waals surface area (Å²) in [5.74, 6) is 0. The van der Waals surface area contributed by atoms with Gasteiger partial charge < -0.3 is 14.7 Å². The second-order valence-electron chi connectivity index (χ2n) is 2.79. The van der Waals surface area contributed by atoms with E-state index in [4.69, 9.17) is 5.11 Å². The van der Waals surface area contributed by atoms with Gasteiger partial charge in [0.15, 0.2) is 6.79 Å². The molecule has 0 saturated carbocycles. The molecule has 0 fully saturated rings. The van der Waals surface area contributed by atoms with Crippen molar-refractivity contribution in [1.29, 1.82) is 0 Å². The fourth-order valence-corrected chi connectivity index (χ4v) is 1.08. The third kappa shape index (κ3) is 2.23. The maximum atomic E-state index is 11.0. The number of hydrogen-bond donors (Lipinski definition) is 1. The normalized spacial score (nSPS) is 17.2. The Bertz CT molecular complexity index is 200. The molecule has 0 saturated heterocycles. The first kappa shape index (κ1) is 9.06. The Morgan fingerprint density at radius 2 is 2.58 bits per heavy atom. The number of aliphatic hydroxyl groups is 1. The number of rotatable bonds is 1. The summed E-state index contributed by atoms with van der Waals surface area (Å²) < 4.78 is 4.43. The van der Waals surface area contributed by atoms with Crippen LogP contribution in [-0.2, 0) is 4.74 Å². The molecule has 0 aromatic carbocycles. The van der Waals surface area contributed by atoms with Crippen LogP contribution in [0.3, 0.4) is 0 Å². The third-order valence-electron chi connectivity index (χ3n) is 1.88. The number of carbonyl (C=O) groups excluding carboxylic acids is 1. The van der Waals surface area contributed by atoms with Crippen molar-refractivity contribution in [3.63, 3.8) is 0 Å². The number of amides is 1. The van der Waals surface area contributed by atoms with Crippen molar-refractivity contribution in [2.45, 2.75) is 13.3 Å². The Labute approximate surface area is 71.4 Å². The van der Waals surface area contributed by atoms with Gasteiger partial charge in [0.25, 0.3) is 0 Å². The molecule has 68 valence electrons. The SMILES string of the molecule is CC1=CCN(C(=O)OCO)CC1. The zero-order valence-corrected chi connectivity index (χ0v) is 7.12. The summed E-state index contributed by atoms with van der Waals surface area (Å²) in [6.07, 6.45) is 2.43. The van der Waals surface area contributed by atoms with Crippen molar-refractivity contribution in [3.05, 3.63) is 11.6 Å². The van der Waals surface area contributed by atoms with Crippen LogP contribution in [0.2, 0.25) is 0 Å². The van der Waals surface area contributed by atoms with Crippen molar-refractivity contribution in [1.82, 2.24) is 4.90 Å². The van der Waals surface area contributed by atoms with Crippen LogP contribution in [0.15, 0.2) is 11.6 Å². The molecule has 12 heavy (non-hydrogen) atoms. The van der Waals surface area contributed by atoms with Gasteiger partial charge in [-0.15, -0.1) is 0 Å². The van der Waals surface area contributed by atoms with Gasteiger partial charge in [0, 0.05) is 13.1 Å². The smallest absolute Gasteiger partial charge is 0.412 e. The topological polar surface area (TPSA) is 49.8 Å². The van der Waals surface area contributed by atoms with E-state index >= 15 is 0 Å². The van der Waals surface area contributed by atoms with E-state index in [0.29, 0.717) is 13.1 Å². The van der Waals surface area contributed by atoms with E-state index in [0.717, 1.165) is 6.42 Å². The van der Waals surface area contributed by atoms with E-state index in [1.807, 2.05) is 13.0 Å². The van der Waals surface area contributed by atoms with E-state index in [-0.39, 0.29) is 0 Å². The second-order valence-corrected chi connectivity index (χ2v) is 2.79. The van der Waals surface area contributed by atoms with Crippen molar-refractivity contribution in [2.75, 3.05) is 19.9 Å². The van der Waals surface area contributed by atoms with Crippen molar-refractivity contribution < 1.29 is 14.6 Å². The minimum Gasteiger partial charge on any atom is -0.422 e. The molecule has 4 heteroatoms. The Hall–Kier alpha value is -1.03. The number of hydrogen-bond acceptors (Lipinski definition) is 3. The number of carbonyl (C=O) groups is 1. The minimum absolute atomic E-state index is 0.443. The average molecular weight is 171 g/mol. The lowest BCUT2D eigenvalue weighted by Crippen LogP contribution is -2.35. The molecule has 0 aliphatic carbocycles. The van der Waals surface area contributed by atoms with Crippen LogP contribution in [-0.4, -0.2) is 36.0 Å². The molecule has 1 heterocycles. The van der Waals surface area contributed by atoms with Crippen molar-refractivity contribution in [3.8, 4) is 0 Å². The Morgan fingerprint density at radius 3 is 3.08 bits per heavy atom. The highest BCUT2D eigenvalue weighted by Crippen LogP contribution is 2.09. The number of nitrogens with zero attached hydrogens (tertiary/aromatic N) is 1.